The van der Waals surface area contributed by atoms with Crippen LogP contribution in [0.1, 0.15) is 47.0 Å². The molecule has 3 fully saturated rings. The zero-order chi connectivity index (χ0) is 24.2. The van der Waals surface area contributed by atoms with Gasteiger partial charge in [0.05, 0.1) is 0 Å². The van der Waals surface area contributed by atoms with E-state index in [1.54, 1.807) is 20.8 Å². The Morgan fingerprint density at radius 1 is 1.18 bits per heavy atom. The van der Waals surface area contributed by atoms with Gasteiger partial charge in [0, 0.05) is 37.1 Å². The second-order valence-electron chi connectivity index (χ2n) is 10.6. The summed E-state index contributed by atoms with van der Waals surface area (Å²) in [4.78, 5) is 28.5. The second-order valence-corrected chi connectivity index (χ2v) is 12.5. The average molecular weight is 482 g/mol. The number of hydrogen-bond donors (Lipinski definition) is 0. The fourth-order valence-electron chi connectivity index (χ4n) is 5.16. The normalized spacial score (nSPS) is 24.3. The number of carbonyl (C=O) groups excluding carboxylic acids is 2. The Hall–Kier alpha value is -2.20. The third kappa shape index (κ3) is 4.59. The zero-order valence-corrected chi connectivity index (χ0v) is 20.4. The molecule has 0 aromatic heterocycles. The van der Waals surface area contributed by atoms with E-state index in [-0.39, 0.29) is 34.8 Å². The van der Waals surface area contributed by atoms with Crippen molar-refractivity contribution in [2.45, 2.75) is 69.5 Å². The molecule has 0 bridgehead atoms. The quantitative estimate of drug-likeness (QED) is 0.663. The molecule has 182 valence electrons. The van der Waals surface area contributed by atoms with Crippen molar-refractivity contribution >= 4 is 22.0 Å². The molecule has 2 heterocycles. The average Bonchev–Trinajstić information content (AvgIpc) is 2.77. The van der Waals surface area contributed by atoms with Gasteiger partial charge in [0.25, 0.3) is 0 Å². The third-order valence-electron chi connectivity index (χ3n) is 6.77. The molecule has 2 saturated heterocycles. The number of hydrogen-bond acceptors (Lipinski definition) is 5. The monoisotopic (exact) mass is 481 g/mol. The predicted octanol–water partition coefficient (Wildman–Crippen LogP) is 2.84. The first-order valence-corrected chi connectivity index (χ1v) is 12.8. The van der Waals surface area contributed by atoms with Gasteiger partial charge in [-0.1, -0.05) is 12.1 Å². The van der Waals surface area contributed by atoms with Gasteiger partial charge in [0.1, 0.15) is 22.9 Å². The van der Waals surface area contributed by atoms with Gasteiger partial charge in [-0.2, -0.15) is 4.31 Å². The van der Waals surface area contributed by atoms with Crippen LogP contribution in [-0.4, -0.2) is 78.4 Å². The lowest BCUT2D eigenvalue weighted by atomic mass is 9.61. The van der Waals surface area contributed by atoms with E-state index in [1.807, 2.05) is 11.8 Å². The van der Waals surface area contributed by atoms with Gasteiger partial charge in [0.15, 0.2) is 0 Å². The molecule has 1 aliphatic carbocycles. The summed E-state index contributed by atoms with van der Waals surface area (Å²) < 4.78 is 46.3. The van der Waals surface area contributed by atoms with Crippen LogP contribution in [0, 0.1) is 11.2 Å². The molecule has 10 heteroatoms. The molecule has 0 radical (unpaired) electrons. The largest absolute Gasteiger partial charge is 0.444 e. The maximum atomic E-state index is 14.0. The smallest absolute Gasteiger partial charge is 0.410 e. The summed E-state index contributed by atoms with van der Waals surface area (Å²) in [6, 6.07) is 5.40. The number of ether oxygens (including phenoxy) is 1. The van der Waals surface area contributed by atoms with E-state index >= 15 is 0 Å². The van der Waals surface area contributed by atoms with Gasteiger partial charge in [-0.15, -0.1) is 0 Å². The van der Waals surface area contributed by atoms with Gasteiger partial charge in [-0.25, -0.2) is 17.6 Å². The molecule has 0 unspecified atom stereocenters. The second kappa shape index (κ2) is 8.23. The van der Waals surface area contributed by atoms with Crippen molar-refractivity contribution < 1.29 is 27.1 Å². The van der Waals surface area contributed by atoms with Crippen molar-refractivity contribution in [3.8, 4) is 0 Å². The van der Waals surface area contributed by atoms with Crippen molar-refractivity contribution in [2.24, 2.45) is 5.41 Å². The first-order chi connectivity index (χ1) is 15.3. The first kappa shape index (κ1) is 23.9. The molecule has 2 amide bonds. The maximum absolute atomic E-state index is 14.0. The minimum atomic E-state index is -3.86. The number of rotatable bonds is 3. The molecule has 1 aromatic carbocycles. The summed E-state index contributed by atoms with van der Waals surface area (Å²) >= 11 is 0. The van der Waals surface area contributed by atoms with Crippen molar-refractivity contribution in [3.63, 3.8) is 0 Å². The fourth-order valence-corrected chi connectivity index (χ4v) is 6.89. The first-order valence-electron chi connectivity index (χ1n) is 11.4. The Bertz CT molecular complexity index is 1040. The van der Waals surface area contributed by atoms with E-state index in [1.165, 1.54) is 27.4 Å². The number of nitrogens with zero attached hydrogens (tertiary/aromatic N) is 3. The minimum absolute atomic E-state index is 0.0173. The Morgan fingerprint density at radius 2 is 1.82 bits per heavy atom. The number of halogens is 1. The molecule has 2 aliphatic heterocycles. The summed E-state index contributed by atoms with van der Waals surface area (Å²) in [5, 5.41) is 0. The van der Waals surface area contributed by atoms with E-state index < -0.39 is 27.5 Å². The summed E-state index contributed by atoms with van der Waals surface area (Å²) in [5.41, 5.74) is -0.794. The Balaban J connectivity index is 1.36. The highest BCUT2D eigenvalue weighted by Crippen LogP contribution is 2.52. The Labute approximate surface area is 194 Å². The fraction of sp³-hybridized carbons (Fsp3) is 0.652. The van der Waals surface area contributed by atoms with Crippen molar-refractivity contribution in [1.82, 2.24) is 14.1 Å². The molecular formula is C23H32FN3O5S. The lowest BCUT2D eigenvalue weighted by molar-refractivity contribution is -0.146. The van der Waals surface area contributed by atoms with Crippen LogP contribution in [0.25, 0.3) is 0 Å². The van der Waals surface area contributed by atoms with Crippen LogP contribution in [0.15, 0.2) is 29.2 Å². The van der Waals surface area contributed by atoms with Crippen molar-refractivity contribution in [3.05, 3.63) is 30.1 Å². The van der Waals surface area contributed by atoms with Crippen LogP contribution < -0.4 is 0 Å². The molecule has 4 rings (SSSR count). The molecule has 33 heavy (non-hydrogen) atoms. The summed E-state index contributed by atoms with van der Waals surface area (Å²) in [5.74, 6) is -0.857. The predicted molar refractivity (Wildman–Crippen MR) is 119 cm³/mol. The topological polar surface area (TPSA) is 87.2 Å². The van der Waals surface area contributed by atoms with Gasteiger partial charge in [-0.05, 0) is 59.1 Å². The third-order valence-corrected chi connectivity index (χ3v) is 8.59. The number of sulfonamides is 1. The number of benzene rings is 1. The van der Waals surface area contributed by atoms with Gasteiger partial charge in [-0.3, -0.25) is 9.69 Å². The van der Waals surface area contributed by atoms with E-state index in [0.717, 1.165) is 6.07 Å². The Morgan fingerprint density at radius 3 is 2.42 bits per heavy atom. The highest BCUT2D eigenvalue weighted by atomic mass is 32.2. The van der Waals surface area contributed by atoms with Crippen LogP contribution in [0.5, 0.6) is 0 Å². The van der Waals surface area contributed by atoms with E-state index in [4.69, 9.17) is 4.74 Å². The van der Waals surface area contributed by atoms with E-state index in [9.17, 15) is 22.4 Å². The van der Waals surface area contributed by atoms with Crippen LogP contribution >= 0.6 is 0 Å². The van der Waals surface area contributed by atoms with Gasteiger partial charge in [0.2, 0.25) is 15.9 Å². The summed E-state index contributed by atoms with van der Waals surface area (Å²) in [6.45, 7) is 8.46. The highest BCUT2D eigenvalue weighted by molar-refractivity contribution is 7.89. The summed E-state index contributed by atoms with van der Waals surface area (Å²) in [7, 11) is -3.86. The zero-order valence-electron chi connectivity index (χ0n) is 19.6. The van der Waals surface area contributed by atoms with Crippen LogP contribution in [0.2, 0.25) is 0 Å². The molecule has 1 saturated carbocycles. The molecule has 1 atom stereocenters. The SMILES string of the molecule is C[C@@H]1CCN(C(=O)OC(C)(C)C)CC(=O)N1C1CC2(C1)CN(S(=O)(=O)c1ccccc1F)C2. The number of amides is 2. The standard InChI is InChI=1S/C23H32FN3O5S/c1-16-9-10-25(21(29)32-22(2,3)4)13-20(28)27(16)17-11-23(12-17)14-26(15-23)33(30,31)19-8-6-5-7-18(19)24/h5-8,16-17H,9-15H2,1-4H3/t16-/m1/s1. The minimum Gasteiger partial charge on any atom is -0.444 e. The van der Waals surface area contributed by atoms with Crippen LogP contribution in [0.3, 0.4) is 0 Å². The van der Waals surface area contributed by atoms with Crippen LogP contribution in [0.4, 0.5) is 9.18 Å². The number of carbonyl (C=O) groups is 2. The molecule has 1 spiro atoms. The lowest BCUT2D eigenvalue weighted by Gasteiger charge is -2.60. The van der Waals surface area contributed by atoms with E-state index in [2.05, 4.69) is 0 Å². The molecular weight excluding hydrogens is 449 g/mol. The molecule has 8 nitrogen and oxygen atoms in total. The maximum Gasteiger partial charge on any atom is 0.410 e. The molecule has 0 N–H and O–H groups in total. The molecule has 3 aliphatic rings. The molecule has 1 aromatic rings. The Kier molecular flexibility index (Phi) is 5.97. The van der Waals surface area contributed by atoms with Crippen LogP contribution in [-0.2, 0) is 19.6 Å². The lowest BCUT2D eigenvalue weighted by Crippen LogP contribution is -2.68. The summed E-state index contributed by atoms with van der Waals surface area (Å²) in [6.07, 6.45) is 1.59. The van der Waals surface area contributed by atoms with E-state index in [0.29, 0.717) is 38.9 Å². The van der Waals surface area contributed by atoms with Gasteiger partial charge >= 0.3 is 6.09 Å². The highest BCUT2D eigenvalue weighted by Gasteiger charge is 2.58. The van der Waals surface area contributed by atoms with Crippen molar-refractivity contribution in [1.29, 1.82) is 0 Å². The van der Waals surface area contributed by atoms with Gasteiger partial charge < -0.3 is 9.64 Å². The van der Waals surface area contributed by atoms with Crippen molar-refractivity contribution in [2.75, 3.05) is 26.2 Å².